The molecule has 0 unspecified atom stereocenters. The molecule has 1 aromatic carbocycles. The molecule has 0 saturated carbocycles. The molecule has 0 spiro atoms. The van der Waals surface area contributed by atoms with E-state index in [0.717, 1.165) is 5.56 Å². The topological polar surface area (TPSA) is 54.9 Å². The summed E-state index contributed by atoms with van der Waals surface area (Å²) >= 11 is 1.36. The van der Waals surface area contributed by atoms with Gasteiger partial charge in [-0.1, -0.05) is 29.8 Å². The lowest BCUT2D eigenvalue weighted by atomic mass is 10.1. The highest BCUT2D eigenvalue weighted by atomic mass is 32.1. The van der Waals surface area contributed by atoms with Gasteiger partial charge in [0.25, 0.3) is 5.56 Å². The summed E-state index contributed by atoms with van der Waals surface area (Å²) in [6, 6.07) is 9.85. The van der Waals surface area contributed by atoms with Crippen LogP contribution >= 0.6 is 11.3 Å². The third-order valence-electron chi connectivity index (χ3n) is 3.30. The van der Waals surface area contributed by atoms with Crippen LogP contribution in [-0.4, -0.2) is 9.55 Å². The highest BCUT2D eigenvalue weighted by molar-refractivity contribution is 7.17. The number of fused-ring (bicyclic) bond motifs is 1. The lowest BCUT2D eigenvalue weighted by Gasteiger charge is -2.05. The van der Waals surface area contributed by atoms with Crippen molar-refractivity contribution < 1.29 is 0 Å². The van der Waals surface area contributed by atoms with E-state index in [2.05, 4.69) is 11.1 Å². The zero-order valence-electron chi connectivity index (χ0n) is 11.1. The molecule has 3 rings (SSSR count). The van der Waals surface area contributed by atoms with Crippen LogP contribution < -0.4 is 11.2 Å². The number of benzene rings is 1. The molecule has 0 saturated heterocycles. The fourth-order valence-corrected chi connectivity index (χ4v) is 3.08. The van der Waals surface area contributed by atoms with Crippen LogP contribution in [0.5, 0.6) is 0 Å². The minimum absolute atomic E-state index is 0.202. The molecule has 20 heavy (non-hydrogen) atoms. The Morgan fingerprint density at radius 2 is 2.10 bits per heavy atom. The van der Waals surface area contributed by atoms with Crippen LogP contribution in [0.15, 0.2) is 45.3 Å². The van der Waals surface area contributed by atoms with Crippen molar-refractivity contribution in [2.24, 2.45) is 0 Å². The maximum atomic E-state index is 12.3. The highest BCUT2D eigenvalue weighted by Crippen LogP contribution is 2.12. The van der Waals surface area contributed by atoms with Gasteiger partial charge in [0.15, 0.2) is 0 Å². The molecule has 0 aliphatic heterocycles. The third-order valence-corrected chi connectivity index (χ3v) is 4.20. The van der Waals surface area contributed by atoms with Crippen molar-refractivity contribution in [1.82, 2.24) is 9.55 Å². The number of nitrogens with one attached hydrogen (secondary N) is 1. The van der Waals surface area contributed by atoms with Gasteiger partial charge in [-0.05, 0) is 30.4 Å². The number of aromatic nitrogens is 2. The summed E-state index contributed by atoms with van der Waals surface area (Å²) in [5, 5.41) is 1.81. The predicted octanol–water partition coefficient (Wildman–Crippen LogP) is 2.30. The van der Waals surface area contributed by atoms with Crippen molar-refractivity contribution in [3.05, 3.63) is 67.7 Å². The molecule has 0 fully saturated rings. The van der Waals surface area contributed by atoms with Gasteiger partial charge in [0.2, 0.25) is 0 Å². The Balaban J connectivity index is 1.95. The van der Waals surface area contributed by atoms with Crippen LogP contribution in [0.2, 0.25) is 0 Å². The van der Waals surface area contributed by atoms with Crippen LogP contribution in [-0.2, 0) is 13.0 Å². The maximum Gasteiger partial charge on any atom is 0.328 e. The summed E-state index contributed by atoms with van der Waals surface area (Å²) in [5.41, 5.74) is 2.39. The van der Waals surface area contributed by atoms with Gasteiger partial charge >= 0.3 is 5.69 Å². The monoisotopic (exact) mass is 286 g/mol. The van der Waals surface area contributed by atoms with Gasteiger partial charge in [-0.25, -0.2) is 4.79 Å². The molecule has 2 heterocycles. The van der Waals surface area contributed by atoms with Gasteiger partial charge in [0.1, 0.15) is 4.70 Å². The molecule has 5 heteroatoms. The summed E-state index contributed by atoms with van der Waals surface area (Å²) in [7, 11) is 0. The van der Waals surface area contributed by atoms with E-state index in [-0.39, 0.29) is 11.2 Å². The largest absolute Gasteiger partial charge is 0.328 e. The Bertz CT molecular complexity index is 873. The smallest absolute Gasteiger partial charge is 0.306 e. The molecule has 0 aliphatic rings. The molecule has 0 atom stereocenters. The molecule has 4 nitrogen and oxygen atoms in total. The van der Waals surface area contributed by atoms with E-state index in [0.29, 0.717) is 23.2 Å². The van der Waals surface area contributed by atoms with Gasteiger partial charge in [-0.2, -0.15) is 0 Å². The summed E-state index contributed by atoms with van der Waals surface area (Å²) in [4.78, 5) is 26.9. The summed E-state index contributed by atoms with van der Waals surface area (Å²) in [5.74, 6) is 0. The molecule has 0 amide bonds. The standard InChI is InChI=1S/C15H14N2O2S/c1-10-3-2-4-11(9-10)5-7-17-14(18)13-12(6-8-20-13)16-15(17)19/h2-4,6,8-9H,5,7H2,1H3,(H,16,19). The summed E-state index contributed by atoms with van der Waals surface area (Å²) in [6.45, 7) is 2.42. The molecule has 0 aliphatic carbocycles. The number of thiophene rings is 1. The lowest BCUT2D eigenvalue weighted by molar-refractivity contribution is 0.637. The minimum atomic E-state index is -0.339. The first-order valence-electron chi connectivity index (χ1n) is 6.41. The van der Waals surface area contributed by atoms with E-state index < -0.39 is 0 Å². The third kappa shape index (κ3) is 2.32. The second-order valence-corrected chi connectivity index (χ2v) is 5.71. The van der Waals surface area contributed by atoms with Crippen LogP contribution in [0.3, 0.4) is 0 Å². The number of hydrogen-bond acceptors (Lipinski definition) is 3. The van der Waals surface area contributed by atoms with Crippen molar-refractivity contribution in [3.63, 3.8) is 0 Å². The molecule has 102 valence electrons. The Kier molecular flexibility index (Phi) is 3.28. The number of H-pyrrole nitrogens is 1. The highest BCUT2D eigenvalue weighted by Gasteiger charge is 2.08. The van der Waals surface area contributed by atoms with Crippen molar-refractivity contribution in [1.29, 1.82) is 0 Å². The predicted molar refractivity (Wildman–Crippen MR) is 81.6 cm³/mol. The van der Waals surface area contributed by atoms with Crippen molar-refractivity contribution in [2.45, 2.75) is 19.9 Å². The minimum Gasteiger partial charge on any atom is -0.306 e. The molecule has 0 radical (unpaired) electrons. The average Bonchev–Trinajstić information content (AvgIpc) is 2.87. The van der Waals surface area contributed by atoms with Gasteiger partial charge in [-0.3, -0.25) is 9.36 Å². The zero-order chi connectivity index (χ0) is 14.1. The van der Waals surface area contributed by atoms with E-state index in [1.54, 1.807) is 6.07 Å². The molecule has 0 bridgehead atoms. The SMILES string of the molecule is Cc1cccc(CCn2c(=O)[nH]c3ccsc3c2=O)c1. The second kappa shape index (κ2) is 5.09. The average molecular weight is 286 g/mol. The van der Waals surface area contributed by atoms with E-state index in [1.807, 2.05) is 30.5 Å². The number of aryl methyl sites for hydroxylation is 2. The Labute approximate surface area is 119 Å². The number of rotatable bonds is 3. The Hall–Kier alpha value is -2.14. The Morgan fingerprint density at radius 3 is 2.90 bits per heavy atom. The maximum absolute atomic E-state index is 12.3. The van der Waals surface area contributed by atoms with Crippen LogP contribution in [0.1, 0.15) is 11.1 Å². The molecule has 3 aromatic rings. The van der Waals surface area contributed by atoms with Gasteiger partial charge < -0.3 is 4.98 Å². The molecular weight excluding hydrogens is 272 g/mol. The summed E-state index contributed by atoms with van der Waals surface area (Å²) in [6.07, 6.45) is 0.668. The van der Waals surface area contributed by atoms with Crippen molar-refractivity contribution in [2.75, 3.05) is 0 Å². The first-order valence-corrected chi connectivity index (χ1v) is 7.29. The zero-order valence-corrected chi connectivity index (χ0v) is 11.9. The normalized spacial score (nSPS) is 11.1. The first kappa shape index (κ1) is 12.9. The van der Waals surface area contributed by atoms with Crippen molar-refractivity contribution in [3.8, 4) is 0 Å². The van der Waals surface area contributed by atoms with Crippen LogP contribution in [0, 0.1) is 6.92 Å². The number of hydrogen-bond donors (Lipinski definition) is 1. The van der Waals surface area contributed by atoms with Gasteiger partial charge in [-0.15, -0.1) is 11.3 Å². The summed E-state index contributed by atoms with van der Waals surface area (Å²) < 4.78 is 1.88. The van der Waals surface area contributed by atoms with Crippen molar-refractivity contribution >= 4 is 21.6 Å². The molecule has 2 aromatic heterocycles. The molecular formula is C15H14N2O2S. The second-order valence-electron chi connectivity index (χ2n) is 4.79. The lowest BCUT2D eigenvalue weighted by Crippen LogP contribution is -2.35. The first-order chi connectivity index (χ1) is 9.65. The van der Waals surface area contributed by atoms with E-state index in [9.17, 15) is 9.59 Å². The molecule has 1 N–H and O–H groups in total. The van der Waals surface area contributed by atoms with E-state index >= 15 is 0 Å². The van der Waals surface area contributed by atoms with Gasteiger partial charge in [0, 0.05) is 6.54 Å². The fraction of sp³-hybridized carbons (Fsp3) is 0.200. The van der Waals surface area contributed by atoms with E-state index in [4.69, 9.17) is 0 Å². The van der Waals surface area contributed by atoms with E-state index in [1.165, 1.54) is 21.5 Å². The van der Waals surface area contributed by atoms with Crippen LogP contribution in [0.4, 0.5) is 0 Å². The fourth-order valence-electron chi connectivity index (χ4n) is 2.28. The number of aromatic amines is 1. The van der Waals surface area contributed by atoms with Crippen LogP contribution in [0.25, 0.3) is 10.2 Å². The quantitative estimate of drug-likeness (QED) is 0.803. The Morgan fingerprint density at radius 1 is 1.25 bits per heavy atom. The van der Waals surface area contributed by atoms with Gasteiger partial charge in [0.05, 0.1) is 5.52 Å². The number of nitrogens with zero attached hydrogens (tertiary/aromatic N) is 1.